The van der Waals surface area contributed by atoms with Crippen LogP contribution in [0.5, 0.6) is 11.5 Å². The molecule has 0 atom stereocenters. The van der Waals surface area contributed by atoms with Gasteiger partial charge in [-0.15, -0.1) is 0 Å². The van der Waals surface area contributed by atoms with E-state index in [0.717, 1.165) is 5.56 Å². The molecule has 1 aromatic carbocycles. The summed E-state index contributed by atoms with van der Waals surface area (Å²) in [5.41, 5.74) is 0.356. The summed E-state index contributed by atoms with van der Waals surface area (Å²) < 4.78 is 5.65. The first-order valence-electron chi connectivity index (χ1n) is 7.42. The number of aryl methyl sites for hydroxylation is 1. The fourth-order valence-corrected chi connectivity index (χ4v) is 2.11. The van der Waals surface area contributed by atoms with Gasteiger partial charge < -0.3 is 14.9 Å². The number of ether oxygens (including phenoxy) is 1. The summed E-state index contributed by atoms with van der Waals surface area (Å²) in [6, 6.07) is 3.10. The average molecular weight is 308 g/mol. The van der Waals surface area contributed by atoms with Crippen molar-refractivity contribution >= 4 is 11.8 Å². The Morgan fingerprint density at radius 1 is 1.27 bits per heavy atom. The molecule has 0 aliphatic heterocycles. The minimum Gasteiger partial charge on any atom is -0.507 e. The maximum Gasteiger partial charge on any atom is 0.309 e. The van der Waals surface area contributed by atoms with Crippen molar-refractivity contribution in [3.8, 4) is 11.5 Å². The number of aromatic hydroxyl groups is 1. The number of Topliss-reactive ketones (excluding diaryl/α,β-unsaturated/α-hetero) is 1. The summed E-state index contributed by atoms with van der Waals surface area (Å²) in [6.45, 7) is 7.07. The fourth-order valence-electron chi connectivity index (χ4n) is 2.11. The normalized spacial score (nSPS) is 11.3. The van der Waals surface area contributed by atoms with E-state index in [4.69, 9.17) is 9.84 Å². The molecular weight excluding hydrogens is 284 g/mol. The van der Waals surface area contributed by atoms with Gasteiger partial charge in [0.1, 0.15) is 11.5 Å². The van der Waals surface area contributed by atoms with Gasteiger partial charge in [0, 0.05) is 6.07 Å². The molecular formula is C17H24O5. The second kappa shape index (κ2) is 7.29. The lowest BCUT2D eigenvalue weighted by Crippen LogP contribution is -2.24. The van der Waals surface area contributed by atoms with Gasteiger partial charge in [0.15, 0.2) is 5.78 Å². The van der Waals surface area contributed by atoms with Gasteiger partial charge in [-0.2, -0.15) is 0 Å². The minimum atomic E-state index is -0.829. The molecule has 0 bridgehead atoms. The molecule has 0 saturated carbocycles. The number of rotatable bonds is 8. The number of phenols is 1. The van der Waals surface area contributed by atoms with Crippen LogP contribution < -0.4 is 4.74 Å². The van der Waals surface area contributed by atoms with Crippen molar-refractivity contribution in [2.24, 2.45) is 5.41 Å². The summed E-state index contributed by atoms with van der Waals surface area (Å²) in [4.78, 5) is 22.4. The van der Waals surface area contributed by atoms with E-state index >= 15 is 0 Å². The van der Waals surface area contributed by atoms with Gasteiger partial charge in [0.2, 0.25) is 0 Å². The van der Waals surface area contributed by atoms with Crippen LogP contribution in [0, 0.1) is 5.41 Å². The first-order chi connectivity index (χ1) is 10.2. The fraction of sp³-hybridized carbons (Fsp3) is 0.529. The lowest BCUT2D eigenvalue weighted by atomic mass is 9.88. The highest BCUT2D eigenvalue weighted by atomic mass is 16.5. The molecule has 5 heteroatoms. The largest absolute Gasteiger partial charge is 0.507 e. The highest BCUT2D eigenvalue weighted by Crippen LogP contribution is 2.30. The van der Waals surface area contributed by atoms with E-state index in [1.165, 1.54) is 13.0 Å². The van der Waals surface area contributed by atoms with Crippen LogP contribution in [0.3, 0.4) is 0 Å². The van der Waals surface area contributed by atoms with Gasteiger partial charge >= 0.3 is 5.97 Å². The third-order valence-corrected chi connectivity index (χ3v) is 3.72. The number of benzene rings is 1. The molecule has 0 aromatic heterocycles. The molecule has 0 unspecified atom stereocenters. The molecule has 1 aromatic rings. The smallest absolute Gasteiger partial charge is 0.309 e. The van der Waals surface area contributed by atoms with E-state index in [1.807, 2.05) is 6.92 Å². The zero-order valence-corrected chi connectivity index (χ0v) is 13.6. The summed E-state index contributed by atoms with van der Waals surface area (Å²) in [7, 11) is 0. The van der Waals surface area contributed by atoms with Crippen LogP contribution >= 0.6 is 0 Å². The summed E-state index contributed by atoms with van der Waals surface area (Å²) in [5.74, 6) is -0.573. The molecule has 1 rings (SSSR count). The SMILES string of the molecule is CCc1cc(C(C)=O)c(O)cc1OCCCC(C)(C)C(=O)O. The third-order valence-electron chi connectivity index (χ3n) is 3.72. The molecule has 0 aliphatic carbocycles. The van der Waals surface area contributed by atoms with E-state index in [2.05, 4.69) is 0 Å². The van der Waals surface area contributed by atoms with E-state index in [-0.39, 0.29) is 17.1 Å². The summed E-state index contributed by atoms with van der Waals surface area (Å²) in [6.07, 6.45) is 1.77. The lowest BCUT2D eigenvalue weighted by Gasteiger charge is -2.19. The molecule has 22 heavy (non-hydrogen) atoms. The maximum atomic E-state index is 11.4. The van der Waals surface area contributed by atoms with Crippen LogP contribution in [0.15, 0.2) is 12.1 Å². The Labute approximate surface area is 130 Å². The predicted octanol–water partition coefficient (Wildman–Crippen LogP) is 3.43. The van der Waals surface area contributed by atoms with Crippen molar-refractivity contribution in [2.45, 2.75) is 47.0 Å². The summed E-state index contributed by atoms with van der Waals surface area (Å²) in [5, 5.41) is 18.9. The average Bonchev–Trinajstić information content (AvgIpc) is 2.43. The number of hydrogen-bond donors (Lipinski definition) is 2. The van der Waals surface area contributed by atoms with Crippen molar-refractivity contribution in [1.29, 1.82) is 0 Å². The van der Waals surface area contributed by atoms with E-state index in [9.17, 15) is 14.7 Å². The van der Waals surface area contributed by atoms with Gasteiger partial charge in [-0.3, -0.25) is 9.59 Å². The Kier molecular flexibility index (Phi) is 5.97. The molecule has 0 saturated heterocycles. The number of carbonyl (C=O) groups excluding carboxylic acids is 1. The minimum absolute atomic E-state index is 0.0921. The molecule has 0 aliphatic rings. The number of phenolic OH excluding ortho intramolecular Hbond substituents is 1. The van der Waals surface area contributed by atoms with Crippen molar-refractivity contribution < 1.29 is 24.5 Å². The highest BCUT2D eigenvalue weighted by Gasteiger charge is 2.26. The zero-order valence-electron chi connectivity index (χ0n) is 13.6. The van der Waals surface area contributed by atoms with Crippen molar-refractivity contribution in [3.63, 3.8) is 0 Å². The molecule has 0 amide bonds. The topological polar surface area (TPSA) is 83.8 Å². The highest BCUT2D eigenvalue weighted by molar-refractivity contribution is 5.97. The zero-order chi connectivity index (χ0) is 16.9. The van der Waals surface area contributed by atoms with Crippen LogP contribution in [-0.4, -0.2) is 28.6 Å². The van der Waals surface area contributed by atoms with Gasteiger partial charge in [-0.05, 0) is 51.7 Å². The molecule has 0 spiro atoms. The Bertz CT molecular complexity index is 560. The van der Waals surface area contributed by atoms with Gasteiger partial charge in [0.05, 0.1) is 17.6 Å². The number of hydrogen-bond acceptors (Lipinski definition) is 4. The number of carboxylic acids is 1. The Balaban J connectivity index is 2.72. The first-order valence-corrected chi connectivity index (χ1v) is 7.42. The molecule has 0 radical (unpaired) electrons. The van der Waals surface area contributed by atoms with Gasteiger partial charge in [-0.25, -0.2) is 0 Å². The van der Waals surface area contributed by atoms with Crippen LogP contribution in [0.2, 0.25) is 0 Å². The van der Waals surface area contributed by atoms with Crippen molar-refractivity contribution in [1.82, 2.24) is 0 Å². The van der Waals surface area contributed by atoms with E-state index in [1.54, 1.807) is 19.9 Å². The number of aliphatic carboxylic acids is 1. The maximum absolute atomic E-state index is 11.4. The second-order valence-electron chi connectivity index (χ2n) is 6.03. The molecule has 122 valence electrons. The molecule has 0 heterocycles. The monoisotopic (exact) mass is 308 g/mol. The van der Waals surface area contributed by atoms with Gasteiger partial charge in [0.25, 0.3) is 0 Å². The second-order valence-corrected chi connectivity index (χ2v) is 6.03. The first kappa shape index (κ1) is 18.0. The van der Waals surface area contributed by atoms with E-state index in [0.29, 0.717) is 31.6 Å². The lowest BCUT2D eigenvalue weighted by molar-refractivity contribution is -0.147. The molecule has 5 nitrogen and oxygen atoms in total. The van der Waals surface area contributed by atoms with Crippen LogP contribution in [0.4, 0.5) is 0 Å². The molecule has 0 fully saturated rings. The Morgan fingerprint density at radius 3 is 2.41 bits per heavy atom. The van der Waals surface area contributed by atoms with Crippen molar-refractivity contribution in [3.05, 3.63) is 23.3 Å². The van der Waals surface area contributed by atoms with Crippen molar-refractivity contribution in [2.75, 3.05) is 6.61 Å². The third kappa shape index (κ3) is 4.48. The van der Waals surface area contributed by atoms with Crippen LogP contribution in [0.1, 0.15) is 56.5 Å². The summed E-state index contributed by atoms with van der Waals surface area (Å²) >= 11 is 0. The number of carbonyl (C=O) groups is 2. The number of carboxylic acid groups (broad SMARTS) is 1. The Hall–Kier alpha value is -2.04. The standard InChI is InChI=1S/C17H24O5/c1-5-12-9-13(11(2)18)14(19)10-15(12)22-8-6-7-17(3,4)16(20)21/h9-10,19H,5-8H2,1-4H3,(H,20,21). The van der Waals surface area contributed by atoms with Gasteiger partial charge in [-0.1, -0.05) is 6.92 Å². The predicted molar refractivity (Wildman–Crippen MR) is 83.6 cm³/mol. The van der Waals surface area contributed by atoms with E-state index < -0.39 is 11.4 Å². The Morgan fingerprint density at radius 2 is 1.91 bits per heavy atom. The molecule has 2 N–H and O–H groups in total. The van der Waals surface area contributed by atoms with Crippen LogP contribution in [0.25, 0.3) is 0 Å². The number of ketones is 1. The van der Waals surface area contributed by atoms with Crippen LogP contribution in [-0.2, 0) is 11.2 Å². The quantitative estimate of drug-likeness (QED) is 0.568.